The molecule has 1 amide bonds. The summed E-state index contributed by atoms with van der Waals surface area (Å²) in [6.45, 7) is 6.60. The van der Waals surface area contributed by atoms with Crippen molar-refractivity contribution in [3.8, 4) is 0 Å². The molecule has 0 saturated carbocycles. The van der Waals surface area contributed by atoms with Crippen molar-refractivity contribution < 1.29 is 9.18 Å². The van der Waals surface area contributed by atoms with Crippen LogP contribution in [-0.2, 0) is 11.3 Å². The van der Waals surface area contributed by atoms with Crippen LogP contribution in [0.15, 0.2) is 24.3 Å². The molecule has 0 aromatic heterocycles. The Kier molecular flexibility index (Phi) is 9.30. The van der Waals surface area contributed by atoms with Crippen molar-refractivity contribution in [2.24, 2.45) is 5.92 Å². The Labute approximate surface area is 151 Å². The van der Waals surface area contributed by atoms with Gasteiger partial charge in [-0.05, 0) is 50.4 Å². The van der Waals surface area contributed by atoms with E-state index in [-0.39, 0.29) is 30.0 Å². The molecule has 1 aliphatic heterocycles. The number of nitrogens with one attached hydrogen (secondary N) is 1. The Morgan fingerprint density at radius 1 is 1.29 bits per heavy atom. The first kappa shape index (κ1) is 20.9. The maximum Gasteiger partial charge on any atom is 0.226 e. The molecule has 1 aromatic carbocycles. The number of benzene rings is 1. The summed E-state index contributed by atoms with van der Waals surface area (Å²) in [5.41, 5.74) is 0.998. The minimum atomic E-state index is -0.232. The summed E-state index contributed by atoms with van der Waals surface area (Å²) in [6.07, 6.45) is 5.13. The predicted molar refractivity (Wildman–Crippen MR) is 98.8 cm³/mol. The van der Waals surface area contributed by atoms with Gasteiger partial charge in [-0.3, -0.25) is 4.79 Å². The van der Waals surface area contributed by atoms with Crippen LogP contribution in [0.2, 0.25) is 0 Å². The first-order valence-corrected chi connectivity index (χ1v) is 8.86. The van der Waals surface area contributed by atoms with Crippen molar-refractivity contribution in [2.45, 2.75) is 58.5 Å². The van der Waals surface area contributed by atoms with Gasteiger partial charge < -0.3 is 10.2 Å². The average molecular weight is 357 g/mol. The molecule has 1 aliphatic rings. The van der Waals surface area contributed by atoms with Gasteiger partial charge >= 0.3 is 0 Å². The summed E-state index contributed by atoms with van der Waals surface area (Å²) < 4.78 is 13.1. The molecule has 1 saturated heterocycles. The highest BCUT2D eigenvalue weighted by molar-refractivity contribution is 5.85. The number of piperidine rings is 1. The Bertz CT molecular complexity index is 495. The average Bonchev–Trinajstić information content (AvgIpc) is 2.55. The summed E-state index contributed by atoms with van der Waals surface area (Å²) in [5, 5.41) is 3.40. The maximum atomic E-state index is 13.1. The van der Waals surface area contributed by atoms with E-state index in [1.807, 2.05) is 4.90 Å². The van der Waals surface area contributed by atoms with Crippen molar-refractivity contribution in [2.75, 3.05) is 13.1 Å². The number of rotatable bonds is 7. The van der Waals surface area contributed by atoms with Gasteiger partial charge in [-0.1, -0.05) is 31.9 Å². The van der Waals surface area contributed by atoms with Gasteiger partial charge in [0.15, 0.2) is 0 Å². The number of amides is 1. The Morgan fingerprint density at radius 2 is 2.00 bits per heavy atom. The van der Waals surface area contributed by atoms with Crippen LogP contribution < -0.4 is 5.32 Å². The zero-order valence-corrected chi connectivity index (χ0v) is 15.6. The van der Waals surface area contributed by atoms with Gasteiger partial charge in [-0.2, -0.15) is 0 Å². The molecule has 0 radical (unpaired) electrons. The quantitative estimate of drug-likeness (QED) is 0.744. The molecule has 1 fully saturated rings. The Morgan fingerprint density at radius 3 is 2.62 bits per heavy atom. The molecule has 0 bridgehead atoms. The van der Waals surface area contributed by atoms with Crippen molar-refractivity contribution in [1.82, 2.24) is 10.2 Å². The van der Waals surface area contributed by atoms with Crippen LogP contribution >= 0.6 is 12.4 Å². The van der Waals surface area contributed by atoms with Crippen LogP contribution in [0.3, 0.4) is 0 Å². The van der Waals surface area contributed by atoms with E-state index < -0.39 is 0 Å². The van der Waals surface area contributed by atoms with E-state index in [0.717, 1.165) is 50.8 Å². The second kappa shape index (κ2) is 10.7. The second-order valence-electron chi connectivity index (χ2n) is 6.67. The molecule has 2 atom stereocenters. The number of unbranched alkanes of at least 4 members (excludes halogenated alkanes) is 2. The zero-order valence-electron chi connectivity index (χ0n) is 14.8. The summed E-state index contributed by atoms with van der Waals surface area (Å²) in [5.74, 6) is 0.150. The van der Waals surface area contributed by atoms with Crippen LogP contribution in [-0.4, -0.2) is 29.9 Å². The van der Waals surface area contributed by atoms with Crippen LogP contribution in [0.4, 0.5) is 4.39 Å². The molecular weight excluding hydrogens is 327 g/mol. The molecule has 136 valence electrons. The summed E-state index contributed by atoms with van der Waals surface area (Å²) in [7, 11) is 0. The number of carbonyl (C=O) groups is 1. The summed E-state index contributed by atoms with van der Waals surface area (Å²) >= 11 is 0. The topological polar surface area (TPSA) is 32.3 Å². The predicted octanol–water partition coefficient (Wildman–Crippen LogP) is 4.15. The monoisotopic (exact) mass is 356 g/mol. The fraction of sp³-hybridized carbons (Fsp3) is 0.632. The molecular formula is C19H30ClFN2O. The van der Waals surface area contributed by atoms with E-state index in [1.54, 1.807) is 12.1 Å². The van der Waals surface area contributed by atoms with E-state index in [9.17, 15) is 9.18 Å². The van der Waals surface area contributed by atoms with Crippen LogP contribution in [0.25, 0.3) is 0 Å². The number of carbonyl (C=O) groups excluding carboxylic acids is 1. The van der Waals surface area contributed by atoms with Crippen molar-refractivity contribution in [1.29, 1.82) is 0 Å². The van der Waals surface area contributed by atoms with E-state index in [0.29, 0.717) is 12.6 Å². The van der Waals surface area contributed by atoms with Crippen LogP contribution in [0.5, 0.6) is 0 Å². The van der Waals surface area contributed by atoms with Crippen LogP contribution in [0.1, 0.15) is 51.5 Å². The molecule has 1 aromatic rings. The third-order valence-corrected chi connectivity index (χ3v) is 4.60. The molecule has 3 nitrogen and oxygen atoms in total. The molecule has 0 unspecified atom stereocenters. The van der Waals surface area contributed by atoms with Crippen molar-refractivity contribution >= 4 is 18.3 Å². The number of nitrogens with zero attached hydrogens (tertiary/aromatic N) is 1. The summed E-state index contributed by atoms with van der Waals surface area (Å²) in [4.78, 5) is 14.9. The van der Waals surface area contributed by atoms with Gasteiger partial charge in [0, 0.05) is 25.0 Å². The van der Waals surface area contributed by atoms with E-state index in [1.165, 1.54) is 12.1 Å². The molecule has 1 heterocycles. The zero-order chi connectivity index (χ0) is 16.7. The standard InChI is InChI=1S/C19H29FN2O.ClH/c1-3-4-5-12-22(14-16-6-8-18(20)9-7-16)19(23)17-10-11-21-15(2)13-17;/h6-9,15,17,21H,3-5,10-14H2,1-2H3;1H/t15-,17-;/m0./s1. The molecule has 1 N–H and O–H groups in total. The number of halogens is 2. The second-order valence-corrected chi connectivity index (χ2v) is 6.67. The van der Waals surface area contributed by atoms with Crippen molar-refractivity contribution in [3.63, 3.8) is 0 Å². The number of hydrogen-bond donors (Lipinski definition) is 1. The van der Waals surface area contributed by atoms with Gasteiger partial charge in [0.05, 0.1) is 0 Å². The highest BCUT2D eigenvalue weighted by atomic mass is 35.5. The lowest BCUT2D eigenvalue weighted by molar-refractivity contribution is -0.137. The first-order valence-electron chi connectivity index (χ1n) is 8.86. The third kappa shape index (κ3) is 6.40. The van der Waals surface area contributed by atoms with Gasteiger partial charge in [-0.15, -0.1) is 12.4 Å². The molecule has 5 heteroatoms. The maximum absolute atomic E-state index is 13.1. The normalized spacial score (nSPS) is 20.3. The van der Waals surface area contributed by atoms with Gasteiger partial charge in [-0.25, -0.2) is 4.39 Å². The third-order valence-electron chi connectivity index (χ3n) is 4.60. The van der Waals surface area contributed by atoms with Gasteiger partial charge in [0.2, 0.25) is 5.91 Å². The molecule has 24 heavy (non-hydrogen) atoms. The Balaban J connectivity index is 0.00000288. The van der Waals surface area contributed by atoms with Gasteiger partial charge in [0.25, 0.3) is 0 Å². The largest absolute Gasteiger partial charge is 0.338 e. The summed E-state index contributed by atoms with van der Waals surface area (Å²) in [6, 6.07) is 6.90. The fourth-order valence-corrected chi connectivity index (χ4v) is 3.24. The highest BCUT2D eigenvalue weighted by Crippen LogP contribution is 2.21. The van der Waals surface area contributed by atoms with Gasteiger partial charge in [0.1, 0.15) is 5.82 Å². The Hall–Kier alpha value is -1.13. The molecule has 0 aliphatic carbocycles. The smallest absolute Gasteiger partial charge is 0.226 e. The molecule has 2 rings (SSSR count). The number of hydrogen-bond acceptors (Lipinski definition) is 2. The van der Waals surface area contributed by atoms with E-state index in [2.05, 4.69) is 19.2 Å². The minimum absolute atomic E-state index is 0. The SMILES string of the molecule is CCCCCN(Cc1ccc(F)cc1)C(=O)[C@H]1CCN[C@@H](C)C1.Cl. The lowest BCUT2D eigenvalue weighted by Crippen LogP contribution is -2.44. The molecule has 0 spiro atoms. The van der Waals surface area contributed by atoms with Crippen molar-refractivity contribution in [3.05, 3.63) is 35.6 Å². The fourth-order valence-electron chi connectivity index (χ4n) is 3.24. The van der Waals surface area contributed by atoms with E-state index in [4.69, 9.17) is 0 Å². The minimum Gasteiger partial charge on any atom is -0.338 e. The lowest BCUT2D eigenvalue weighted by Gasteiger charge is -2.32. The first-order chi connectivity index (χ1) is 11.1. The van der Waals surface area contributed by atoms with Crippen LogP contribution in [0, 0.1) is 11.7 Å². The lowest BCUT2D eigenvalue weighted by atomic mass is 9.91. The van der Waals surface area contributed by atoms with E-state index >= 15 is 0 Å². The highest BCUT2D eigenvalue weighted by Gasteiger charge is 2.28.